The summed E-state index contributed by atoms with van der Waals surface area (Å²) in [6.45, 7) is 7.93. The van der Waals surface area contributed by atoms with E-state index < -0.39 is 0 Å². The van der Waals surface area contributed by atoms with Gasteiger partial charge in [-0.1, -0.05) is 34.8 Å². The largest absolute Gasteiger partial charge is 0.304 e. The van der Waals surface area contributed by atoms with Crippen LogP contribution in [0, 0.1) is 13.5 Å². The van der Waals surface area contributed by atoms with Gasteiger partial charge >= 0.3 is 6.57 Å². The van der Waals surface area contributed by atoms with Crippen LogP contribution in [-0.2, 0) is 6.54 Å². The second kappa shape index (κ2) is 3.77. The molecule has 0 saturated heterocycles. The van der Waals surface area contributed by atoms with Gasteiger partial charge in [0.2, 0.25) is 0 Å². The third-order valence-electron chi connectivity index (χ3n) is 1.73. The zero-order valence-corrected chi connectivity index (χ0v) is 7.49. The van der Waals surface area contributed by atoms with Gasteiger partial charge in [0.25, 0.3) is 0 Å². The first-order valence-electron chi connectivity index (χ1n) is 3.90. The molecule has 0 N–H and O–H groups in total. The number of hydrogen-bond acceptors (Lipinski definition) is 1. The topological polar surface area (TPSA) is 7.60 Å². The van der Waals surface area contributed by atoms with Gasteiger partial charge in [0.1, 0.15) is 6.54 Å². The summed E-state index contributed by atoms with van der Waals surface area (Å²) in [5.74, 6) is 0. The predicted octanol–water partition coefficient (Wildman–Crippen LogP) is 2.30. The van der Waals surface area contributed by atoms with E-state index >= 15 is 0 Å². The SMILES string of the molecule is C#[N+]N(C)Cc1ccc(C)cc1. The number of nitrogens with zero attached hydrogens (tertiary/aromatic N) is 2. The molecule has 0 aliphatic rings. The van der Waals surface area contributed by atoms with E-state index in [2.05, 4.69) is 36.1 Å². The first-order valence-corrected chi connectivity index (χ1v) is 3.90. The average Bonchev–Trinajstić information content (AvgIpc) is 2.09. The highest BCUT2D eigenvalue weighted by Crippen LogP contribution is 2.05. The van der Waals surface area contributed by atoms with Crippen molar-refractivity contribution in [1.82, 2.24) is 5.01 Å². The van der Waals surface area contributed by atoms with Gasteiger partial charge in [0.05, 0.1) is 12.0 Å². The fourth-order valence-corrected chi connectivity index (χ4v) is 0.999. The van der Waals surface area contributed by atoms with E-state index in [1.807, 2.05) is 7.05 Å². The Morgan fingerprint density at radius 2 is 1.92 bits per heavy atom. The van der Waals surface area contributed by atoms with Gasteiger partial charge in [0.15, 0.2) is 0 Å². The number of hydrogen-bond donors (Lipinski definition) is 0. The van der Waals surface area contributed by atoms with Gasteiger partial charge in [-0.15, -0.1) is 0 Å². The maximum Gasteiger partial charge on any atom is 0.304 e. The second-order valence-electron chi connectivity index (χ2n) is 2.92. The van der Waals surface area contributed by atoms with E-state index in [9.17, 15) is 0 Å². The fraction of sp³-hybridized carbons (Fsp3) is 0.300. The maximum atomic E-state index is 5.10. The lowest BCUT2D eigenvalue weighted by Crippen LogP contribution is -2.07. The molecule has 0 spiro atoms. The molecular formula is C10H13N2+. The highest BCUT2D eigenvalue weighted by molar-refractivity contribution is 5.21. The van der Waals surface area contributed by atoms with Crippen LogP contribution in [-0.4, -0.2) is 12.1 Å². The van der Waals surface area contributed by atoms with Crippen LogP contribution in [0.2, 0.25) is 0 Å². The summed E-state index contributed by atoms with van der Waals surface area (Å²) >= 11 is 0. The Morgan fingerprint density at radius 1 is 1.33 bits per heavy atom. The van der Waals surface area contributed by atoms with Gasteiger partial charge in [-0.25, -0.2) is 0 Å². The average molecular weight is 161 g/mol. The van der Waals surface area contributed by atoms with Crippen molar-refractivity contribution in [3.63, 3.8) is 0 Å². The van der Waals surface area contributed by atoms with Crippen LogP contribution in [0.4, 0.5) is 0 Å². The van der Waals surface area contributed by atoms with Gasteiger partial charge in [-0.3, -0.25) is 0 Å². The third kappa shape index (κ3) is 2.28. The van der Waals surface area contributed by atoms with Crippen LogP contribution in [0.15, 0.2) is 24.3 Å². The molecule has 0 amide bonds. The Morgan fingerprint density at radius 3 is 2.42 bits per heavy atom. The van der Waals surface area contributed by atoms with Crippen LogP contribution in [0.5, 0.6) is 0 Å². The molecule has 0 saturated carbocycles. The highest BCUT2D eigenvalue weighted by Gasteiger charge is 2.01. The molecule has 0 unspecified atom stereocenters. The van der Waals surface area contributed by atoms with E-state index in [0.29, 0.717) is 0 Å². The number of aryl methyl sites for hydroxylation is 1. The van der Waals surface area contributed by atoms with E-state index in [1.165, 1.54) is 11.1 Å². The summed E-state index contributed by atoms with van der Waals surface area (Å²) in [4.78, 5) is 3.54. The molecular weight excluding hydrogens is 148 g/mol. The van der Waals surface area contributed by atoms with E-state index in [1.54, 1.807) is 5.01 Å². The lowest BCUT2D eigenvalue weighted by molar-refractivity contribution is 0.446. The van der Waals surface area contributed by atoms with Crippen molar-refractivity contribution < 1.29 is 0 Å². The molecule has 0 aliphatic carbocycles. The Hall–Kier alpha value is -1.49. The van der Waals surface area contributed by atoms with Gasteiger partial charge in [-0.05, 0) is 12.5 Å². The molecule has 12 heavy (non-hydrogen) atoms. The molecule has 0 aromatic heterocycles. The molecule has 1 aromatic carbocycles. The van der Waals surface area contributed by atoms with Crippen LogP contribution < -0.4 is 0 Å². The fourth-order valence-electron chi connectivity index (χ4n) is 0.999. The zero-order chi connectivity index (χ0) is 8.97. The van der Waals surface area contributed by atoms with Crippen molar-refractivity contribution in [3.05, 3.63) is 40.3 Å². The lowest BCUT2D eigenvalue weighted by Gasteiger charge is -2.00. The van der Waals surface area contributed by atoms with Crippen molar-refractivity contribution in [1.29, 1.82) is 0 Å². The normalized spacial score (nSPS) is 9.08. The molecule has 0 atom stereocenters. The van der Waals surface area contributed by atoms with Crippen molar-refractivity contribution >= 4 is 0 Å². The standard InChI is InChI=1S/C10H13N2/c1-9-4-6-10(7-5-9)8-12(3)11-2/h2,4-7H,8H2,1,3H3/q+1. The van der Waals surface area contributed by atoms with E-state index in [4.69, 9.17) is 6.57 Å². The molecule has 62 valence electrons. The van der Waals surface area contributed by atoms with E-state index in [-0.39, 0.29) is 0 Å². The van der Waals surface area contributed by atoms with E-state index in [0.717, 1.165) is 6.54 Å². The van der Waals surface area contributed by atoms with Crippen molar-refractivity contribution in [2.45, 2.75) is 13.5 Å². The minimum Gasteiger partial charge on any atom is -0.0683 e. The lowest BCUT2D eigenvalue weighted by atomic mass is 10.1. The van der Waals surface area contributed by atoms with Crippen LogP contribution >= 0.6 is 0 Å². The molecule has 2 heteroatoms. The smallest absolute Gasteiger partial charge is 0.0683 e. The summed E-state index contributed by atoms with van der Waals surface area (Å²) in [6, 6.07) is 8.33. The quantitative estimate of drug-likeness (QED) is 0.604. The number of benzene rings is 1. The molecule has 1 rings (SSSR count). The Balaban J connectivity index is 2.66. The second-order valence-corrected chi connectivity index (χ2v) is 2.92. The Kier molecular flexibility index (Phi) is 2.71. The molecule has 1 aromatic rings. The minimum atomic E-state index is 0.761. The minimum absolute atomic E-state index is 0.761. The van der Waals surface area contributed by atoms with Crippen molar-refractivity contribution in [2.75, 3.05) is 7.05 Å². The summed E-state index contributed by atoms with van der Waals surface area (Å²) in [5, 5.41) is 1.70. The van der Waals surface area contributed by atoms with Gasteiger partial charge < -0.3 is 0 Å². The Bertz CT molecular complexity index is 282. The summed E-state index contributed by atoms with van der Waals surface area (Å²) in [7, 11) is 1.85. The first kappa shape index (κ1) is 8.61. The van der Waals surface area contributed by atoms with Gasteiger partial charge in [0, 0.05) is 0 Å². The highest BCUT2D eigenvalue weighted by atomic mass is 15.4. The molecule has 0 fully saturated rings. The molecule has 0 heterocycles. The third-order valence-corrected chi connectivity index (χ3v) is 1.73. The van der Waals surface area contributed by atoms with Crippen molar-refractivity contribution in [2.24, 2.45) is 0 Å². The summed E-state index contributed by atoms with van der Waals surface area (Å²) in [6.07, 6.45) is 0. The monoisotopic (exact) mass is 161 g/mol. The molecule has 0 aliphatic heterocycles. The summed E-state index contributed by atoms with van der Waals surface area (Å²) in [5.41, 5.74) is 2.49. The predicted molar refractivity (Wildman–Crippen MR) is 51.0 cm³/mol. The zero-order valence-electron chi connectivity index (χ0n) is 7.49. The first-order chi connectivity index (χ1) is 5.72. The molecule has 0 bridgehead atoms. The number of rotatable bonds is 2. The maximum absolute atomic E-state index is 5.10. The summed E-state index contributed by atoms with van der Waals surface area (Å²) < 4.78 is 0. The van der Waals surface area contributed by atoms with Crippen LogP contribution in [0.1, 0.15) is 11.1 Å². The van der Waals surface area contributed by atoms with Gasteiger partial charge in [-0.2, -0.15) is 0 Å². The molecule has 2 nitrogen and oxygen atoms in total. The molecule has 0 radical (unpaired) electrons. The van der Waals surface area contributed by atoms with Crippen LogP contribution in [0.3, 0.4) is 0 Å². The van der Waals surface area contributed by atoms with Crippen LogP contribution in [0.25, 0.3) is 4.95 Å². The van der Waals surface area contributed by atoms with Crippen molar-refractivity contribution in [3.8, 4) is 6.57 Å². The Labute approximate surface area is 73.2 Å².